The van der Waals surface area contributed by atoms with Crippen LogP contribution in [-0.2, 0) is 14.8 Å². The van der Waals surface area contributed by atoms with E-state index in [-0.39, 0.29) is 21.6 Å². The summed E-state index contributed by atoms with van der Waals surface area (Å²) in [5, 5.41) is 7.99. The molecule has 24 heavy (non-hydrogen) atoms. The molecule has 2 amide bonds. The van der Waals surface area contributed by atoms with E-state index in [0.717, 1.165) is 19.4 Å². The summed E-state index contributed by atoms with van der Waals surface area (Å²) in [5.74, 6) is 0.313. The first-order chi connectivity index (χ1) is 11.3. The first kappa shape index (κ1) is 19.0. The molecule has 1 aromatic carbocycles. The van der Waals surface area contributed by atoms with Crippen molar-refractivity contribution in [1.29, 1.82) is 0 Å². The number of nitrogens with zero attached hydrogens (tertiary/aromatic N) is 1. The van der Waals surface area contributed by atoms with Crippen molar-refractivity contribution in [2.75, 3.05) is 31.6 Å². The second kappa shape index (κ2) is 8.15. The molecule has 9 heteroatoms. The van der Waals surface area contributed by atoms with Gasteiger partial charge in [-0.15, -0.1) is 0 Å². The molecule has 1 heterocycles. The highest BCUT2D eigenvalue weighted by molar-refractivity contribution is 7.89. The fourth-order valence-electron chi connectivity index (χ4n) is 2.52. The Morgan fingerprint density at radius 1 is 1.50 bits per heavy atom. The molecule has 0 spiro atoms. The lowest BCUT2D eigenvalue weighted by Crippen LogP contribution is -2.33. The summed E-state index contributed by atoms with van der Waals surface area (Å²) in [6.45, 7) is 4.63. The fourth-order valence-corrected chi connectivity index (χ4v) is 3.22. The number of carbonyl (C=O) groups excluding carboxylic acids is 1. The number of halogens is 1. The van der Waals surface area contributed by atoms with Gasteiger partial charge in [-0.3, -0.25) is 0 Å². The number of amides is 2. The van der Waals surface area contributed by atoms with Gasteiger partial charge in [0.25, 0.3) is 0 Å². The number of urea groups is 1. The number of anilines is 1. The first-order valence-electron chi connectivity index (χ1n) is 7.77. The average Bonchev–Trinajstić information content (AvgIpc) is 2.97. The number of ether oxygens (including phenoxy) is 1. The number of nitrogens with one attached hydrogen (secondary N) is 1. The molecule has 0 aliphatic carbocycles. The number of sulfonamides is 1. The highest BCUT2D eigenvalue weighted by Crippen LogP contribution is 2.26. The van der Waals surface area contributed by atoms with Gasteiger partial charge in [-0.25, -0.2) is 18.4 Å². The van der Waals surface area contributed by atoms with E-state index in [1.807, 2.05) is 6.92 Å². The second-order valence-corrected chi connectivity index (χ2v) is 7.76. The number of hydrogen-bond donors (Lipinski definition) is 2. The van der Waals surface area contributed by atoms with Crippen LogP contribution in [-0.4, -0.2) is 45.7 Å². The van der Waals surface area contributed by atoms with Crippen LogP contribution in [0.25, 0.3) is 0 Å². The lowest BCUT2D eigenvalue weighted by Gasteiger charge is -2.18. The molecule has 0 aromatic heterocycles. The molecule has 2 rings (SSSR count). The van der Waals surface area contributed by atoms with Gasteiger partial charge in [0.1, 0.15) is 0 Å². The molecule has 1 atom stereocenters. The zero-order valence-corrected chi connectivity index (χ0v) is 15.1. The molecule has 7 nitrogen and oxygen atoms in total. The Morgan fingerprint density at radius 3 is 2.92 bits per heavy atom. The topological polar surface area (TPSA) is 102 Å². The van der Waals surface area contributed by atoms with Crippen molar-refractivity contribution in [2.45, 2.75) is 24.7 Å². The molecule has 1 fully saturated rings. The summed E-state index contributed by atoms with van der Waals surface area (Å²) in [5.41, 5.74) is 0.221. The molecule has 1 unspecified atom stereocenters. The number of primary sulfonamides is 1. The molecular formula is C15H22ClN3O4S. The van der Waals surface area contributed by atoms with Crippen molar-refractivity contribution in [1.82, 2.24) is 4.90 Å². The monoisotopic (exact) mass is 375 g/mol. The predicted molar refractivity (Wildman–Crippen MR) is 92.6 cm³/mol. The molecule has 3 N–H and O–H groups in total. The lowest BCUT2D eigenvalue weighted by molar-refractivity contribution is 0.103. The zero-order chi connectivity index (χ0) is 17.7. The van der Waals surface area contributed by atoms with Crippen LogP contribution in [0.1, 0.15) is 19.8 Å². The van der Waals surface area contributed by atoms with Gasteiger partial charge in [0, 0.05) is 25.6 Å². The average molecular weight is 376 g/mol. The van der Waals surface area contributed by atoms with Gasteiger partial charge in [0.05, 0.1) is 22.2 Å². The standard InChI is InChI=1S/C15H22ClN3O4S/c1-2-7-23-10-11-5-6-19(9-11)15(20)18-14-8-12(24(17,21)22)3-4-13(14)16/h3-4,8,11H,2,5-7,9-10H2,1H3,(H,18,20)(H2,17,21,22). The zero-order valence-electron chi connectivity index (χ0n) is 13.5. The molecule has 1 aliphatic rings. The predicted octanol–water partition coefficient (Wildman–Crippen LogP) is 2.27. The summed E-state index contributed by atoms with van der Waals surface area (Å²) in [6.07, 6.45) is 1.85. The maximum Gasteiger partial charge on any atom is 0.321 e. The van der Waals surface area contributed by atoms with E-state index in [1.54, 1.807) is 4.90 Å². The van der Waals surface area contributed by atoms with Crippen LogP contribution in [0.5, 0.6) is 0 Å². The molecule has 0 bridgehead atoms. The van der Waals surface area contributed by atoms with Crippen molar-refractivity contribution >= 4 is 33.3 Å². The van der Waals surface area contributed by atoms with Crippen molar-refractivity contribution in [3.8, 4) is 0 Å². The molecule has 0 saturated carbocycles. The van der Waals surface area contributed by atoms with Crippen LogP contribution in [0.15, 0.2) is 23.1 Å². The number of benzene rings is 1. The van der Waals surface area contributed by atoms with E-state index in [2.05, 4.69) is 5.32 Å². The van der Waals surface area contributed by atoms with E-state index in [9.17, 15) is 13.2 Å². The van der Waals surface area contributed by atoms with Crippen LogP contribution >= 0.6 is 11.6 Å². The van der Waals surface area contributed by atoms with Gasteiger partial charge in [-0.05, 0) is 31.0 Å². The largest absolute Gasteiger partial charge is 0.381 e. The van der Waals surface area contributed by atoms with Crippen molar-refractivity contribution in [3.63, 3.8) is 0 Å². The molecule has 134 valence electrons. The summed E-state index contributed by atoms with van der Waals surface area (Å²) in [4.78, 5) is 13.9. The minimum Gasteiger partial charge on any atom is -0.381 e. The lowest BCUT2D eigenvalue weighted by atomic mass is 10.1. The van der Waals surface area contributed by atoms with Gasteiger partial charge >= 0.3 is 6.03 Å². The maximum atomic E-state index is 12.3. The highest BCUT2D eigenvalue weighted by atomic mass is 35.5. The Bertz CT molecular complexity index is 696. The van der Waals surface area contributed by atoms with Crippen LogP contribution in [0.3, 0.4) is 0 Å². The first-order valence-corrected chi connectivity index (χ1v) is 9.69. The van der Waals surface area contributed by atoms with Gasteiger partial charge in [0.2, 0.25) is 10.0 Å². The minimum atomic E-state index is -3.86. The second-order valence-electron chi connectivity index (χ2n) is 5.79. The molecule has 0 radical (unpaired) electrons. The van der Waals surface area contributed by atoms with Crippen LogP contribution in [0.2, 0.25) is 5.02 Å². The molecule has 1 aromatic rings. The van der Waals surface area contributed by atoms with Crippen molar-refractivity contribution in [2.24, 2.45) is 11.1 Å². The van der Waals surface area contributed by atoms with Gasteiger partial charge in [-0.2, -0.15) is 0 Å². The normalized spacial score (nSPS) is 18.0. The molecule has 1 saturated heterocycles. The Morgan fingerprint density at radius 2 is 2.25 bits per heavy atom. The van der Waals surface area contributed by atoms with E-state index >= 15 is 0 Å². The van der Waals surface area contributed by atoms with Crippen LogP contribution in [0.4, 0.5) is 10.5 Å². The Balaban J connectivity index is 1.98. The number of rotatable bonds is 6. The third kappa shape index (κ3) is 5.07. The molecule has 1 aliphatic heterocycles. The third-order valence-electron chi connectivity index (χ3n) is 3.78. The highest BCUT2D eigenvalue weighted by Gasteiger charge is 2.26. The SMILES string of the molecule is CCCOCC1CCN(C(=O)Nc2cc(S(N)(=O)=O)ccc2Cl)C1. The number of hydrogen-bond acceptors (Lipinski definition) is 4. The van der Waals surface area contributed by atoms with Crippen LogP contribution < -0.4 is 10.5 Å². The number of likely N-dealkylation sites (tertiary alicyclic amines) is 1. The van der Waals surface area contributed by atoms with E-state index in [1.165, 1.54) is 18.2 Å². The summed E-state index contributed by atoms with van der Waals surface area (Å²) in [6, 6.07) is 3.63. The number of nitrogens with two attached hydrogens (primary N) is 1. The fraction of sp³-hybridized carbons (Fsp3) is 0.533. The third-order valence-corrected chi connectivity index (χ3v) is 5.02. The van der Waals surface area contributed by atoms with Crippen molar-refractivity contribution < 1.29 is 17.9 Å². The molecular weight excluding hydrogens is 354 g/mol. The van der Waals surface area contributed by atoms with E-state index < -0.39 is 10.0 Å². The summed E-state index contributed by atoms with van der Waals surface area (Å²) < 4.78 is 28.3. The van der Waals surface area contributed by atoms with Crippen molar-refractivity contribution in [3.05, 3.63) is 23.2 Å². The number of carbonyl (C=O) groups is 1. The van der Waals surface area contributed by atoms with Gasteiger partial charge < -0.3 is 15.0 Å². The maximum absolute atomic E-state index is 12.3. The minimum absolute atomic E-state index is 0.102. The smallest absolute Gasteiger partial charge is 0.321 e. The van der Waals surface area contributed by atoms with E-state index in [0.29, 0.717) is 25.6 Å². The Kier molecular flexibility index (Phi) is 6.45. The quantitative estimate of drug-likeness (QED) is 0.744. The van der Waals surface area contributed by atoms with Crippen LogP contribution in [0, 0.1) is 5.92 Å². The van der Waals surface area contributed by atoms with Gasteiger partial charge in [-0.1, -0.05) is 18.5 Å². The van der Waals surface area contributed by atoms with Gasteiger partial charge in [0.15, 0.2) is 0 Å². The van der Waals surface area contributed by atoms with E-state index in [4.69, 9.17) is 21.5 Å². The Labute approximate surface area is 147 Å². The Hall–Kier alpha value is -1.35. The summed E-state index contributed by atoms with van der Waals surface area (Å²) in [7, 11) is -3.86. The summed E-state index contributed by atoms with van der Waals surface area (Å²) >= 11 is 6.02.